The van der Waals surface area contributed by atoms with Crippen LogP contribution >= 0.6 is 0 Å². The van der Waals surface area contributed by atoms with E-state index in [1.807, 2.05) is 49.4 Å². The van der Waals surface area contributed by atoms with Gasteiger partial charge in [-0.05, 0) is 56.1 Å². The van der Waals surface area contributed by atoms with Crippen molar-refractivity contribution in [2.45, 2.75) is 75.8 Å². The molecule has 3 atom stereocenters. The lowest BCUT2D eigenvalue weighted by Gasteiger charge is -2.35. The van der Waals surface area contributed by atoms with E-state index < -0.39 is 29.3 Å². The number of nitrogen functional groups attached to an aromatic ring is 1. The molecule has 2 aromatic carbocycles. The normalized spacial score (nSPS) is 16.3. The van der Waals surface area contributed by atoms with Crippen molar-refractivity contribution < 1.29 is 14.4 Å². The molecular weight excluding hydrogens is 532 g/mol. The Balaban J connectivity index is 1.87. The Kier molecular flexibility index (Phi) is 11.5. The van der Waals surface area contributed by atoms with E-state index in [4.69, 9.17) is 28.3 Å². The number of amidine groups is 1. The Morgan fingerprint density at radius 2 is 1.60 bits per heavy atom. The number of nitrogens with two attached hydrogens (primary N) is 4. The zero-order valence-electron chi connectivity index (χ0n) is 24.3. The van der Waals surface area contributed by atoms with E-state index in [1.165, 1.54) is 0 Å². The third-order valence-electron chi connectivity index (χ3n) is 8.03. The third-order valence-corrected chi connectivity index (χ3v) is 8.03. The Morgan fingerprint density at radius 1 is 0.952 bits per heavy atom. The van der Waals surface area contributed by atoms with Crippen molar-refractivity contribution in [3.05, 3.63) is 71.3 Å². The van der Waals surface area contributed by atoms with Gasteiger partial charge in [-0.1, -0.05) is 73.9 Å². The number of carbonyl (C=O) groups is 3. The smallest absolute Gasteiger partial charge is 0.243 e. The van der Waals surface area contributed by atoms with Gasteiger partial charge in [0.15, 0.2) is 5.96 Å². The molecule has 1 aliphatic rings. The second-order valence-corrected chi connectivity index (χ2v) is 11.2. The van der Waals surface area contributed by atoms with Crippen molar-refractivity contribution in [1.82, 2.24) is 10.6 Å². The summed E-state index contributed by atoms with van der Waals surface area (Å²) in [6.45, 7) is 2.16. The number of hydrogen-bond acceptors (Lipinski definition) is 5. The van der Waals surface area contributed by atoms with Gasteiger partial charge in [0, 0.05) is 12.1 Å². The molecule has 226 valence electrons. The van der Waals surface area contributed by atoms with E-state index in [0.29, 0.717) is 24.9 Å². The molecule has 11 heteroatoms. The highest BCUT2D eigenvalue weighted by molar-refractivity contribution is 5.96. The number of nitrogens with zero attached hydrogens (tertiary/aromatic N) is 1. The van der Waals surface area contributed by atoms with Gasteiger partial charge in [-0.25, -0.2) is 0 Å². The highest BCUT2D eigenvalue weighted by Gasteiger charge is 2.40. The van der Waals surface area contributed by atoms with Gasteiger partial charge in [0.05, 0.1) is 5.41 Å². The number of hydrogen-bond donors (Lipinski definition) is 7. The van der Waals surface area contributed by atoms with Gasteiger partial charge in [-0.15, -0.1) is 0 Å². The second kappa shape index (κ2) is 15.0. The standard InChI is InChI=1S/C31H44N8O3/c1-31(23-11-6-3-7-12-23,19-20-14-16-22(17-15-20)26(32)33)29(42)39-25(21-9-4-2-5-10-21)28(41)38-24(27(34)40)13-8-18-37-30(35)36/h3,6-7,11-12,14-17,21,24-25H,2,4-5,8-10,13,18-19H2,1H3,(H3,32,33)(H2,34,40)(H,38,41)(H,39,42)(H4,35,36,37)/t24-,25-,31?/m0/s1. The first-order valence-corrected chi connectivity index (χ1v) is 14.5. The molecule has 1 aliphatic carbocycles. The lowest BCUT2D eigenvalue weighted by molar-refractivity contribution is -0.135. The molecule has 0 bridgehead atoms. The molecule has 11 N–H and O–H groups in total. The predicted octanol–water partition coefficient (Wildman–Crippen LogP) is 1.56. The molecule has 0 radical (unpaired) electrons. The van der Waals surface area contributed by atoms with Crippen molar-refractivity contribution in [3.63, 3.8) is 0 Å². The number of carbonyl (C=O) groups excluding carboxylic acids is 3. The summed E-state index contributed by atoms with van der Waals surface area (Å²) < 4.78 is 0. The Bertz CT molecular complexity index is 1250. The number of rotatable bonds is 14. The van der Waals surface area contributed by atoms with Gasteiger partial charge < -0.3 is 33.6 Å². The van der Waals surface area contributed by atoms with Gasteiger partial charge in [-0.3, -0.25) is 24.8 Å². The molecule has 0 aliphatic heterocycles. The van der Waals surface area contributed by atoms with Crippen LogP contribution in [0.3, 0.4) is 0 Å². The van der Waals surface area contributed by atoms with Crippen LogP contribution in [0.4, 0.5) is 0 Å². The largest absolute Gasteiger partial charge is 0.384 e. The molecule has 42 heavy (non-hydrogen) atoms. The number of guanidine groups is 1. The maximum Gasteiger partial charge on any atom is 0.243 e. The lowest BCUT2D eigenvalue weighted by Crippen LogP contribution is -2.58. The zero-order chi connectivity index (χ0) is 30.7. The van der Waals surface area contributed by atoms with Gasteiger partial charge in [-0.2, -0.15) is 0 Å². The highest BCUT2D eigenvalue weighted by atomic mass is 16.2. The summed E-state index contributed by atoms with van der Waals surface area (Å²) in [5, 5.41) is 13.6. The lowest BCUT2D eigenvalue weighted by atomic mass is 9.75. The number of nitrogens with one attached hydrogen (secondary N) is 3. The minimum Gasteiger partial charge on any atom is -0.384 e. The molecule has 1 fully saturated rings. The van der Waals surface area contributed by atoms with Crippen LogP contribution in [0.1, 0.15) is 68.6 Å². The van der Waals surface area contributed by atoms with E-state index in [1.54, 1.807) is 12.1 Å². The highest BCUT2D eigenvalue weighted by Crippen LogP contribution is 2.31. The summed E-state index contributed by atoms with van der Waals surface area (Å²) in [6, 6.07) is 14.9. The Morgan fingerprint density at radius 3 is 2.17 bits per heavy atom. The fourth-order valence-electron chi connectivity index (χ4n) is 5.55. The van der Waals surface area contributed by atoms with Crippen LogP contribution in [0.2, 0.25) is 0 Å². The summed E-state index contributed by atoms with van der Waals surface area (Å²) in [6.07, 6.45) is 5.64. The molecule has 3 amide bonds. The molecule has 0 aromatic heterocycles. The van der Waals surface area contributed by atoms with Gasteiger partial charge in [0.2, 0.25) is 17.7 Å². The van der Waals surface area contributed by atoms with Gasteiger partial charge >= 0.3 is 0 Å². The van der Waals surface area contributed by atoms with Gasteiger partial charge in [0.1, 0.15) is 17.9 Å². The fourth-order valence-corrected chi connectivity index (χ4v) is 5.55. The average Bonchev–Trinajstić information content (AvgIpc) is 2.98. The monoisotopic (exact) mass is 576 g/mol. The minimum atomic E-state index is -1.02. The van der Waals surface area contributed by atoms with Crippen LogP contribution in [0, 0.1) is 11.3 Å². The molecule has 2 aromatic rings. The maximum atomic E-state index is 14.2. The first-order valence-electron chi connectivity index (χ1n) is 14.5. The molecule has 0 spiro atoms. The molecule has 1 unspecified atom stereocenters. The number of aliphatic imine (C=N–C) groups is 1. The predicted molar refractivity (Wildman–Crippen MR) is 164 cm³/mol. The molecule has 0 saturated heterocycles. The maximum absolute atomic E-state index is 14.2. The second-order valence-electron chi connectivity index (χ2n) is 11.2. The quantitative estimate of drug-likeness (QED) is 0.100. The van der Waals surface area contributed by atoms with Crippen LogP contribution in [-0.2, 0) is 26.2 Å². The van der Waals surface area contributed by atoms with Crippen molar-refractivity contribution >= 4 is 29.5 Å². The van der Waals surface area contributed by atoms with Crippen LogP contribution in [0.25, 0.3) is 0 Å². The molecule has 3 rings (SSSR count). The first-order chi connectivity index (χ1) is 20.0. The first kappa shape index (κ1) is 32.1. The van der Waals surface area contributed by atoms with Crippen molar-refractivity contribution in [1.29, 1.82) is 5.41 Å². The van der Waals surface area contributed by atoms with Crippen LogP contribution in [0.5, 0.6) is 0 Å². The topological polar surface area (TPSA) is 216 Å². The summed E-state index contributed by atoms with van der Waals surface area (Å²) >= 11 is 0. The van der Waals surface area contributed by atoms with Crippen molar-refractivity contribution in [3.8, 4) is 0 Å². The average molecular weight is 577 g/mol. The summed E-state index contributed by atoms with van der Waals surface area (Å²) in [5.41, 5.74) is 23.3. The minimum absolute atomic E-state index is 0.0306. The van der Waals surface area contributed by atoms with Crippen LogP contribution in [-0.4, -0.2) is 48.1 Å². The Hall–Kier alpha value is -4.41. The number of benzene rings is 2. The molecular formula is C31H44N8O3. The molecule has 0 heterocycles. The summed E-state index contributed by atoms with van der Waals surface area (Å²) in [5.74, 6) is -1.54. The van der Waals surface area contributed by atoms with E-state index in [0.717, 1.165) is 43.2 Å². The van der Waals surface area contributed by atoms with E-state index in [2.05, 4.69) is 15.6 Å². The van der Waals surface area contributed by atoms with E-state index in [-0.39, 0.29) is 30.0 Å². The van der Waals surface area contributed by atoms with Crippen LogP contribution in [0.15, 0.2) is 59.6 Å². The Labute approximate surface area is 247 Å². The van der Waals surface area contributed by atoms with E-state index >= 15 is 0 Å². The van der Waals surface area contributed by atoms with Crippen molar-refractivity contribution in [2.24, 2.45) is 33.8 Å². The molecule has 1 saturated carbocycles. The third kappa shape index (κ3) is 8.79. The van der Waals surface area contributed by atoms with Crippen LogP contribution < -0.4 is 33.6 Å². The van der Waals surface area contributed by atoms with Crippen molar-refractivity contribution in [2.75, 3.05) is 6.54 Å². The zero-order valence-corrected chi connectivity index (χ0v) is 24.3. The SMILES string of the molecule is CC(Cc1ccc(C(=N)N)cc1)(C(=O)N[C@H](C(=O)N[C@@H](CCCN=C(N)N)C(N)=O)C1CCCCC1)c1ccccc1. The number of amides is 3. The summed E-state index contributed by atoms with van der Waals surface area (Å²) in [7, 11) is 0. The van der Waals surface area contributed by atoms with E-state index in [9.17, 15) is 14.4 Å². The number of primary amides is 1. The van der Waals surface area contributed by atoms with Gasteiger partial charge in [0.25, 0.3) is 0 Å². The molecule has 11 nitrogen and oxygen atoms in total. The fraction of sp³-hybridized carbons (Fsp3) is 0.452. The summed E-state index contributed by atoms with van der Waals surface area (Å²) in [4.78, 5) is 44.1.